The van der Waals surface area contributed by atoms with Crippen molar-refractivity contribution in [1.82, 2.24) is 7.17 Å². The van der Waals surface area contributed by atoms with Crippen LogP contribution in [0.4, 0.5) is 11.6 Å². The van der Waals surface area contributed by atoms with Crippen LogP contribution in [0.25, 0.3) is 21.5 Å². The third kappa shape index (κ3) is 15.1. The Morgan fingerprint density at radius 3 is 0.897 bits per heavy atom. The molecule has 6 aromatic rings. The predicted octanol–water partition coefficient (Wildman–Crippen LogP) is 17.7. The summed E-state index contributed by atoms with van der Waals surface area (Å²) >= 11 is 1.62. The van der Waals surface area contributed by atoms with Crippen molar-refractivity contribution in [3.05, 3.63) is 130 Å². The maximum atomic E-state index is 5.20. The molecule has 4 aliphatic rings. The summed E-state index contributed by atoms with van der Waals surface area (Å²) in [5.74, 6) is 4.04. The first kappa shape index (κ1) is 57.4. The first-order valence-corrected chi connectivity index (χ1v) is 31.9. The monoisotopic (exact) mass is 1100 g/mol. The van der Waals surface area contributed by atoms with E-state index in [-0.39, 0.29) is 0 Å². The molecular weight excluding hydrogens is 1010 g/mol. The number of hydrogen-bond donors (Lipinski definition) is 0. The average Bonchev–Trinajstić information content (AvgIpc) is 4.37. The minimum atomic E-state index is 0.634. The number of benzene rings is 4. The molecule has 0 saturated carbocycles. The van der Waals surface area contributed by atoms with Gasteiger partial charge in [0.25, 0.3) is 0 Å². The van der Waals surface area contributed by atoms with Crippen LogP contribution in [0.1, 0.15) is 229 Å². The molecule has 0 unspecified atom stereocenters. The number of hydrogen-bond acceptors (Lipinski definition) is 6. The van der Waals surface area contributed by atoms with Crippen molar-refractivity contribution in [1.29, 1.82) is 0 Å². The van der Waals surface area contributed by atoms with Gasteiger partial charge in [-0.15, -0.1) is 0 Å². The Bertz CT molecular complexity index is 2950. The Balaban J connectivity index is 0.000000192. The summed E-state index contributed by atoms with van der Waals surface area (Å²) in [6.45, 7) is 7.39. The average molecular weight is 1100 g/mol. The molecule has 10 heteroatoms. The molecular formula is C68H92CuN9+. The van der Waals surface area contributed by atoms with Crippen LogP contribution in [0.3, 0.4) is 0 Å². The van der Waals surface area contributed by atoms with Gasteiger partial charge in [-0.1, -0.05) is 181 Å². The second kappa shape index (κ2) is 29.8. The Morgan fingerprint density at radius 2 is 0.577 bits per heavy atom. The normalized spacial score (nSPS) is 16.3. The first-order chi connectivity index (χ1) is 38.4. The second-order valence-electron chi connectivity index (χ2n) is 23.3. The Hall–Kier alpha value is -5.28. The number of fused-ring (bicyclic) bond motifs is 14. The molecule has 0 saturated heterocycles. The van der Waals surface area contributed by atoms with E-state index in [2.05, 4.69) is 83.6 Å². The van der Waals surface area contributed by atoms with Gasteiger partial charge in [-0.25, -0.2) is 0 Å². The molecule has 4 aromatic carbocycles. The minimum absolute atomic E-state index is 0.634. The molecule has 0 radical (unpaired) electrons. The van der Waals surface area contributed by atoms with Gasteiger partial charge in [0.15, 0.2) is 0 Å². The number of unbranched alkanes of at least 4 members (excludes halogenated alkanes) is 28. The van der Waals surface area contributed by atoms with E-state index in [1.54, 1.807) is 15.4 Å². The number of aliphatic imine (C=N–C) groups is 4. The van der Waals surface area contributed by atoms with Gasteiger partial charge < -0.3 is 4.48 Å². The van der Waals surface area contributed by atoms with Gasteiger partial charge in [-0.3, -0.25) is 0 Å². The van der Waals surface area contributed by atoms with Gasteiger partial charge in [0, 0.05) is 0 Å². The number of nitrogens with zero attached hydrogens (tertiary/aromatic N) is 9. The number of rotatable bonds is 32. The zero-order chi connectivity index (χ0) is 53.8. The Labute approximate surface area is 474 Å². The fourth-order valence-corrected chi connectivity index (χ4v) is 13.0. The maximum absolute atomic E-state index is 5.20. The van der Waals surface area contributed by atoms with Crippen molar-refractivity contribution in [3.8, 4) is 0 Å². The fourth-order valence-electron chi connectivity index (χ4n) is 11.8. The van der Waals surface area contributed by atoms with E-state index in [9.17, 15) is 0 Å². The molecule has 6 bridgehead atoms. The molecule has 0 N–H and O–H groups in total. The van der Waals surface area contributed by atoms with E-state index in [0.717, 1.165) is 66.4 Å². The zero-order valence-corrected chi connectivity index (χ0v) is 49.1. The molecule has 9 nitrogen and oxygen atoms in total. The van der Waals surface area contributed by atoms with Crippen molar-refractivity contribution in [3.63, 3.8) is 0 Å². The zero-order valence-electron chi connectivity index (χ0n) is 48.2. The van der Waals surface area contributed by atoms with Crippen molar-refractivity contribution in [2.75, 3.05) is 27.2 Å². The van der Waals surface area contributed by atoms with E-state index in [1.165, 1.54) is 210 Å². The summed E-state index contributed by atoms with van der Waals surface area (Å²) < 4.78 is 5.37. The molecule has 0 spiro atoms. The SMILES string of the molecule is CCCCCCCCCCCCCCCCC[N+](C)(C)CCCCCCCCCCCCCCCCC.c1ccc2c(c1)C1=NC/2=N\c2c3ccccc3c3[n]2[Cu][n]2/c(c4ccccc4/c2=N/C2=N\C(=N/3)c3ccccc32)=N\1. The van der Waals surface area contributed by atoms with Crippen molar-refractivity contribution in [2.24, 2.45) is 30.0 Å². The summed E-state index contributed by atoms with van der Waals surface area (Å²) in [7, 11) is 4.93. The van der Waals surface area contributed by atoms with Crippen LogP contribution >= 0.6 is 0 Å². The Kier molecular flexibility index (Phi) is 21.9. The van der Waals surface area contributed by atoms with Gasteiger partial charge >= 0.3 is 239 Å². The molecule has 78 heavy (non-hydrogen) atoms. The van der Waals surface area contributed by atoms with Gasteiger partial charge in [0.2, 0.25) is 0 Å². The third-order valence-corrected chi connectivity index (χ3v) is 17.6. The van der Waals surface area contributed by atoms with E-state index < -0.39 is 0 Å². The Morgan fingerprint density at radius 1 is 0.308 bits per heavy atom. The van der Waals surface area contributed by atoms with E-state index in [1.807, 2.05) is 48.5 Å². The van der Waals surface area contributed by atoms with Crippen molar-refractivity contribution in [2.45, 2.75) is 206 Å². The van der Waals surface area contributed by atoms with Crippen LogP contribution in [0.2, 0.25) is 0 Å². The van der Waals surface area contributed by atoms with Gasteiger partial charge in [-0.2, -0.15) is 0 Å². The molecule has 0 fully saturated rings. The van der Waals surface area contributed by atoms with E-state index >= 15 is 0 Å². The molecule has 0 amide bonds. The molecule has 419 valence electrons. The molecule has 2 aromatic heterocycles. The van der Waals surface area contributed by atoms with E-state index in [4.69, 9.17) is 30.0 Å². The predicted molar refractivity (Wildman–Crippen MR) is 327 cm³/mol. The topological polar surface area (TPSA) is 84.0 Å². The summed E-state index contributed by atoms with van der Waals surface area (Å²) in [6.07, 6.45) is 43.9. The number of amidine groups is 4. The summed E-state index contributed by atoms with van der Waals surface area (Å²) in [5, 5.41) is 3.92. The van der Waals surface area contributed by atoms with Crippen LogP contribution in [0, 0.1) is 0 Å². The van der Waals surface area contributed by atoms with Crippen LogP contribution < -0.4 is 11.0 Å². The second-order valence-corrected chi connectivity index (χ2v) is 24.3. The number of aromatic nitrogens is 2. The molecule has 10 rings (SSSR count). The summed E-state index contributed by atoms with van der Waals surface area (Å²) in [6, 6.07) is 32.8. The van der Waals surface area contributed by atoms with Crippen LogP contribution in [-0.4, -0.2) is 62.2 Å². The van der Waals surface area contributed by atoms with Crippen molar-refractivity contribution >= 4 is 56.5 Å². The van der Waals surface area contributed by atoms with Gasteiger partial charge in [-0.05, 0) is 25.7 Å². The van der Waals surface area contributed by atoms with E-state index in [0.29, 0.717) is 23.3 Å². The van der Waals surface area contributed by atoms with Gasteiger partial charge in [0.1, 0.15) is 0 Å². The van der Waals surface area contributed by atoms with Crippen LogP contribution in [0.15, 0.2) is 127 Å². The van der Waals surface area contributed by atoms with Crippen LogP contribution in [-0.2, 0) is 15.4 Å². The molecule has 6 heterocycles. The van der Waals surface area contributed by atoms with Crippen LogP contribution in [0.5, 0.6) is 0 Å². The van der Waals surface area contributed by atoms with Crippen molar-refractivity contribution < 1.29 is 19.9 Å². The summed E-state index contributed by atoms with van der Waals surface area (Å²) in [4.78, 5) is 30.8. The molecule has 0 aliphatic carbocycles. The first-order valence-electron chi connectivity index (χ1n) is 31.1. The third-order valence-electron chi connectivity index (χ3n) is 16.4. The number of quaternary nitrogens is 1. The summed E-state index contributed by atoms with van der Waals surface area (Å²) in [5.41, 5.74) is 5.33. The molecule has 4 aliphatic heterocycles. The standard InChI is InChI=1S/C36H76N.C32H16N8.Cu/c1-5-7-9-11-13-15-17-19-21-23-25-27-29-31-33-35-37(3,4)36-34-32-30-28-26-24-22-20-18-16-14-12-10-8-6-2;1-2-10-18-17(9-1)25-33-26(18)38-28-21-13-5-6-14-22(21)30(35-28)40-32-24-16-8-7-15-23(24)31(36-32)39-29-20-12-4-3-11-19(20)27(34-29)37-25;/h5-36H2,1-4H3;1-16H;/q+1;-2;+2. The van der Waals surface area contributed by atoms with Gasteiger partial charge in [0.05, 0.1) is 27.2 Å². The quantitative estimate of drug-likeness (QED) is 0.0229. The molecule has 0 atom stereocenters. The fraction of sp³-hybridized carbons (Fsp3) is 0.529.